The molecule has 1 aliphatic heterocycles. The van der Waals surface area contributed by atoms with Crippen molar-refractivity contribution in [3.63, 3.8) is 0 Å². The average molecular weight is 251 g/mol. The molecule has 0 spiro atoms. The summed E-state index contributed by atoms with van der Waals surface area (Å²) < 4.78 is 0. The first-order chi connectivity index (χ1) is 8.56. The summed E-state index contributed by atoms with van der Waals surface area (Å²) in [7, 11) is 0. The zero-order chi connectivity index (χ0) is 13.1. The van der Waals surface area contributed by atoms with Gasteiger partial charge < -0.3 is 15.0 Å². The Hall–Kier alpha value is -1.52. The number of carbonyl (C=O) groups is 1. The molecule has 2 rings (SSSR count). The van der Waals surface area contributed by atoms with Crippen LogP contribution in [0.2, 0.25) is 0 Å². The van der Waals surface area contributed by atoms with E-state index in [9.17, 15) is 4.79 Å². The monoisotopic (exact) mass is 251 g/mol. The van der Waals surface area contributed by atoms with E-state index in [1.807, 2.05) is 6.20 Å². The van der Waals surface area contributed by atoms with E-state index in [2.05, 4.69) is 23.8 Å². The molecule has 1 aromatic heterocycles. The van der Waals surface area contributed by atoms with Crippen LogP contribution in [0.3, 0.4) is 0 Å². The molecule has 0 aromatic carbocycles. The molecule has 0 aliphatic carbocycles. The minimum absolute atomic E-state index is 0.376. The van der Waals surface area contributed by atoms with Crippen LogP contribution in [0.15, 0.2) is 6.20 Å². The van der Waals surface area contributed by atoms with Gasteiger partial charge in [-0.15, -0.1) is 0 Å². The first kappa shape index (κ1) is 12.9. The van der Waals surface area contributed by atoms with Crippen molar-refractivity contribution in [2.45, 2.75) is 39.0 Å². The van der Waals surface area contributed by atoms with Crippen LogP contribution in [0, 0.1) is 5.92 Å². The lowest BCUT2D eigenvalue weighted by molar-refractivity contribution is 0.131. The molecule has 1 fully saturated rings. The van der Waals surface area contributed by atoms with Crippen molar-refractivity contribution in [2.24, 2.45) is 5.92 Å². The van der Waals surface area contributed by atoms with E-state index in [-0.39, 0.29) is 0 Å². The number of nitrogens with one attached hydrogen (secondary N) is 1. The smallest absolute Gasteiger partial charge is 0.407 e. The van der Waals surface area contributed by atoms with Gasteiger partial charge >= 0.3 is 6.09 Å². The number of H-pyrrole nitrogens is 1. The molecule has 5 nitrogen and oxygen atoms in total. The van der Waals surface area contributed by atoms with Crippen molar-refractivity contribution in [1.29, 1.82) is 0 Å². The van der Waals surface area contributed by atoms with Crippen molar-refractivity contribution in [1.82, 2.24) is 14.9 Å². The zero-order valence-corrected chi connectivity index (χ0v) is 11.0. The molecule has 1 saturated heterocycles. The third-order valence-electron chi connectivity index (χ3n) is 3.43. The van der Waals surface area contributed by atoms with Crippen LogP contribution in [0.5, 0.6) is 0 Å². The van der Waals surface area contributed by atoms with Crippen LogP contribution < -0.4 is 0 Å². The third-order valence-corrected chi connectivity index (χ3v) is 3.43. The highest BCUT2D eigenvalue weighted by Gasteiger charge is 2.25. The van der Waals surface area contributed by atoms with Gasteiger partial charge in [0.15, 0.2) is 0 Å². The lowest BCUT2D eigenvalue weighted by atomic mass is 9.96. The highest BCUT2D eigenvalue weighted by atomic mass is 16.4. The van der Waals surface area contributed by atoms with Gasteiger partial charge in [0.1, 0.15) is 5.82 Å². The number of nitrogens with zero attached hydrogens (tertiary/aromatic N) is 2. The molecule has 1 aliphatic rings. The molecular weight excluding hydrogens is 230 g/mol. The molecule has 0 unspecified atom stereocenters. The summed E-state index contributed by atoms with van der Waals surface area (Å²) in [4.78, 5) is 20.1. The maximum Gasteiger partial charge on any atom is 0.407 e. The van der Waals surface area contributed by atoms with Crippen LogP contribution in [0.1, 0.15) is 44.1 Å². The van der Waals surface area contributed by atoms with Crippen LogP contribution in [-0.4, -0.2) is 39.2 Å². The van der Waals surface area contributed by atoms with Gasteiger partial charge in [-0.1, -0.05) is 13.8 Å². The fraction of sp³-hybridized carbons (Fsp3) is 0.692. The molecule has 0 bridgehead atoms. The summed E-state index contributed by atoms with van der Waals surface area (Å²) in [5.74, 6) is 2.02. The van der Waals surface area contributed by atoms with E-state index < -0.39 is 6.09 Å². The summed E-state index contributed by atoms with van der Waals surface area (Å²) in [6, 6.07) is 0. The maximum absolute atomic E-state index is 10.8. The van der Waals surface area contributed by atoms with Crippen LogP contribution in [0.25, 0.3) is 0 Å². The van der Waals surface area contributed by atoms with E-state index in [4.69, 9.17) is 5.11 Å². The van der Waals surface area contributed by atoms with Crippen molar-refractivity contribution < 1.29 is 9.90 Å². The zero-order valence-electron chi connectivity index (χ0n) is 11.0. The third kappa shape index (κ3) is 3.03. The second kappa shape index (κ2) is 5.42. The van der Waals surface area contributed by atoms with E-state index in [1.165, 1.54) is 10.6 Å². The fourth-order valence-corrected chi connectivity index (χ4v) is 2.47. The van der Waals surface area contributed by atoms with Gasteiger partial charge in [0.25, 0.3) is 0 Å². The Morgan fingerprint density at radius 2 is 2.22 bits per heavy atom. The number of imidazole rings is 1. The predicted octanol–water partition coefficient (Wildman–Crippen LogP) is 2.47. The topological polar surface area (TPSA) is 69.2 Å². The Kier molecular flexibility index (Phi) is 3.89. The summed E-state index contributed by atoms with van der Waals surface area (Å²) in [6.07, 6.45) is 3.84. The largest absolute Gasteiger partial charge is 0.465 e. The Morgan fingerprint density at radius 3 is 2.78 bits per heavy atom. The second-order valence-corrected chi connectivity index (χ2v) is 5.44. The lowest BCUT2D eigenvalue weighted by Gasteiger charge is -2.28. The van der Waals surface area contributed by atoms with Crippen molar-refractivity contribution in [3.05, 3.63) is 17.7 Å². The summed E-state index contributed by atoms with van der Waals surface area (Å²) in [5, 5.41) is 8.90. The highest BCUT2D eigenvalue weighted by Crippen LogP contribution is 2.26. The van der Waals surface area contributed by atoms with Gasteiger partial charge in [0, 0.05) is 30.9 Å². The Bertz CT molecular complexity index is 406. The first-order valence-corrected chi connectivity index (χ1v) is 6.58. The number of aromatic nitrogens is 2. The van der Waals surface area contributed by atoms with E-state index in [1.54, 1.807) is 0 Å². The molecule has 0 atom stereocenters. The van der Waals surface area contributed by atoms with E-state index in [0.29, 0.717) is 24.9 Å². The molecule has 0 radical (unpaired) electrons. The van der Waals surface area contributed by atoms with Crippen LogP contribution in [0.4, 0.5) is 4.79 Å². The molecule has 2 N–H and O–H groups in total. The molecule has 18 heavy (non-hydrogen) atoms. The number of hydrogen-bond donors (Lipinski definition) is 2. The quantitative estimate of drug-likeness (QED) is 0.867. The summed E-state index contributed by atoms with van der Waals surface area (Å²) in [5.41, 5.74) is 1.18. The minimum Gasteiger partial charge on any atom is -0.465 e. The number of carboxylic acid groups (broad SMARTS) is 1. The predicted molar refractivity (Wildman–Crippen MR) is 68.7 cm³/mol. The fourth-order valence-electron chi connectivity index (χ4n) is 2.47. The number of likely N-dealkylation sites (tertiary alicyclic amines) is 1. The van der Waals surface area contributed by atoms with Gasteiger partial charge in [-0.05, 0) is 25.2 Å². The number of amides is 1. The van der Waals surface area contributed by atoms with Gasteiger partial charge in [-0.2, -0.15) is 0 Å². The van der Waals surface area contributed by atoms with Crippen molar-refractivity contribution in [2.75, 3.05) is 13.1 Å². The lowest BCUT2D eigenvalue weighted by Crippen LogP contribution is -2.37. The van der Waals surface area contributed by atoms with Gasteiger partial charge in [0.05, 0.1) is 0 Å². The van der Waals surface area contributed by atoms with Gasteiger partial charge in [-0.25, -0.2) is 9.78 Å². The number of piperidine rings is 1. The Labute approximate surface area is 107 Å². The van der Waals surface area contributed by atoms with Crippen molar-refractivity contribution >= 4 is 6.09 Å². The van der Waals surface area contributed by atoms with Crippen LogP contribution in [-0.2, 0) is 6.42 Å². The second-order valence-electron chi connectivity index (χ2n) is 5.44. The van der Waals surface area contributed by atoms with E-state index in [0.717, 1.165) is 25.1 Å². The highest BCUT2D eigenvalue weighted by molar-refractivity contribution is 5.65. The molecule has 0 saturated carbocycles. The standard InChI is InChI=1S/C13H21N3O2/c1-9(2)7-11-8-14-12(15-11)10-3-5-16(6-4-10)13(17)18/h8-10H,3-7H2,1-2H3,(H,14,15)(H,17,18). The molecule has 1 aromatic rings. The first-order valence-electron chi connectivity index (χ1n) is 6.58. The van der Waals surface area contributed by atoms with Crippen LogP contribution >= 0.6 is 0 Å². The van der Waals surface area contributed by atoms with Crippen molar-refractivity contribution in [3.8, 4) is 0 Å². The number of hydrogen-bond acceptors (Lipinski definition) is 2. The number of aromatic amines is 1. The minimum atomic E-state index is -0.812. The summed E-state index contributed by atoms with van der Waals surface area (Å²) >= 11 is 0. The van der Waals surface area contributed by atoms with Gasteiger partial charge in [-0.3, -0.25) is 0 Å². The van der Waals surface area contributed by atoms with E-state index >= 15 is 0 Å². The normalized spacial score (nSPS) is 17.4. The molecular formula is C13H21N3O2. The average Bonchev–Trinajstić information content (AvgIpc) is 2.76. The SMILES string of the molecule is CC(C)Cc1cnc(C2CCN(C(=O)O)CC2)[nH]1. The molecule has 1 amide bonds. The molecule has 2 heterocycles. The molecule has 5 heteroatoms. The maximum atomic E-state index is 10.8. The van der Waals surface area contributed by atoms with Gasteiger partial charge in [0.2, 0.25) is 0 Å². The number of rotatable bonds is 3. The summed E-state index contributed by atoms with van der Waals surface area (Å²) in [6.45, 7) is 5.60. The Morgan fingerprint density at radius 1 is 1.56 bits per heavy atom. The Balaban J connectivity index is 1.93. The molecule has 100 valence electrons.